The molecule has 132 valence electrons. The third kappa shape index (κ3) is 2.86. The fourth-order valence-electron chi connectivity index (χ4n) is 3.43. The fraction of sp³-hybridized carbons (Fsp3) is 0.238. The third-order valence-corrected chi connectivity index (χ3v) is 4.91. The van der Waals surface area contributed by atoms with Gasteiger partial charge in [-0.3, -0.25) is 4.79 Å². The number of rotatable bonds is 5. The van der Waals surface area contributed by atoms with Crippen molar-refractivity contribution in [3.8, 4) is 0 Å². The van der Waals surface area contributed by atoms with Gasteiger partial charge in [-0.2, -0.15) is 0 Å². The van der Waals surface area contributed by atoms with E-state index in [1.807, 2.05) is 48.0 Å². The van der Waals surface area contributed by atoms with Gasteiger partial charge in [-0.15, -0.1) is 0 Å². The Morgan fingerprint density at radius 1 is 1.23 bits per heavy atom. The lowest BCUT2D eigenvalue weighted by atomic mass is 10.1. The molecule has 4 rings (SSSR count). The van der Waals surface area contributed by atoms with Crippen LogP contribution in [0.2, 0.25) is 0 Å². The number of amides is 1. The summed E-state index contributed by atoms with van der Waals surface area (Å²) in [7, 11) is 0. The molecule has 0 radical (unpaired) electrons. The predicted octanol–water partition coefficient (Wildman–Crippen LogP) is 3.66. The van der Waals surface area contributed by atoms with Gasteiger partial charge in [0.2, 0.25) is 0 Å². The number of H-pyrrole nitrogens is 1. The molecule has 0 unspecified atom stereocenters. The zero-order valence-electron chi connectivity index (χ0n) is 15.0. The first-order valence-electron chi connectivity index (χ1n) is 8.98. The van der Waals surface area contributed by atoms with E-state index in [1.165, 1.54) is 10.9 Å². The smallest absolute Gasteiger partial charge is 0.252 e. The minimum Gasteiger partial charge on any atom is -0.361 e. The minimum atomic E-state index is -0.0575. The first-order valence-corrected chi connectivity index (χ1v) is 8.98. The molecule has 0 aliphatic heterocycles. The predicted molar refractivity (Wildman–Crippen MR) is 104 cm³/mol. The van der Waals surface area contributed by atoms with E-state index < -0.39 is 0 Å². The highest BCUT2D eigenvalue weighted by Gasteiger charge is 2.11. The molecule has 0 aliphatic rings. The summed E-state index contributed by atoms with van der Waals surface area (Å²) in [6.45, 7) is 4.73. The number of pyridine rings is 1. The number of carbonyl (C=O) groups excluding carboxylic acids is 1. The molecule has 5 heteroatoms. The normalized spacial score (nSPS) is 11.3. The summed E-state index contributed by atoms with van der Waals surface area (Å²) in [5.74, 6) is -0.0575. The Morgan fingerprint density at radius 2 is 2.08 bits per heavy atom. The standard InChI is InChI=1S/C21H22N4O/c1-3-18-14(2)25-13-16(8-9-20(25)24-18)21(26)22-11-10-15-12-23-19-7-5-4-6-17(15)19/h4-9,12-13,23H,3,10-11H2,1-2H3,(H,22,26). The summed E-state index contributed by atoms with van der Waals surface area (Å²) in [5, 5.41) is 4.23. The molecule has 0 saturated heterocycles. The maximum absolute atomic E-state index is 12.5. The SMILES string of the molecule is CCc1nc2ccc(C(=O)NCCc3c[nH]c4ccccc34)cn2c1C. The number of hydrogen-bond donors (Lipinski definition) is 2. The molecule has 4 aromatic rings. The number of nitrogens with zero attached hydrogens (tertiary/aromatic N) is 2. The number of fused-ring (bicyclic) bond motifs is 2. The average Bonchev–Trinajstić information content (AvgIpc) is 3.22. The van der Waals surface area contributed by atoms with Crippen molar-refractivity contribution < 1.29 is 4.79 Å². The van der Waals surface area contributed by atoms with Gasteiger partial charge in [0.05, 0.1) is 11.3 Å². The van der Waals surface area contributed by atoms with Gasteiger partial charge in [0.25, 0.3) is 5.91 Å². The number of aryl methyl sites for hydroxylation is 2. The van der Waals surface area contributed by atoms with Gasteiger partial charge in [-0.1, -0.05) is 25.1 Å². The second kappa shape index (κ2) is 6.67. The molecule has 5 nitrogen and oxygen atoms in total. The van der Waals surface area contributed by atoms with E-state index in [4.69, 9.17) is 0 Å². The van der Waals surface area contributed by atoms with Crippen LogP contribution >= 0.6 is 0 Å². The van der Waals surface area contributed by atoms with E-state index in [9.17, 15) is 4.79 Å². The van der Waals surface area contributed by atoms with E-state index in [1.54, 1.807) is 0 Å². The molecule has 26 heavy (non-hydrogen) atoms. The van der Waals surface area contributed by atoms with Crippen molar-refractivity contribution in [2.24, 2.45) is 0 Å². The molecule has 1 amide bonds. The van der Waals surface area contributed by atoms with Crippen molar-refractivity contribution >= 4 is 22.5 Å². The van der Waals surface area contributed by atoms with E-state index in [0.717, 1.165) is 35.4 Å². The molecular formula is C21H22N4O. The maximum atomic E-state index is 12.5. The molecule has 0 atom stereocenters. The number of aromatic nitrogens is 3. The first kappa shape index (κ1) is 16.4. The first-order chi connectivity index (χ1) is 12.7. The second-order valence-corrected chi connectivity index (χ2v) is 6.51. The third-order valence-electron chi connectivity index (χ3n) is 4.91. The second-order valence-electron chi connectivity index (χ2n) is 6.51. The Hall–Kier alpha value is -3.08. The summed E-state index contributed by atoms with van der Waals surface area (Å²) >= 11 is 0. The topological polar surface area (TPSA) is 62.2 Å². The average molecular weight is 346 g/mol. The van der Waals surface area contributed by atoms with Crippen LogP contribution in [0.15, 0.2) is 48.8 Å². The Balaban J connectivity index is 1.46. The van der Waals surface area contributed by atoms with Gasteiger partial charge >= 0.3 is 0 Å². The van der Waals surface area contributed by atoms with Gasteiger partial charge in [0.15, 0.2) is 0 Å². The lowest BCUT2D eigenvalue weighted by molar-refractivity contribution is 0.0953. The van der Waals surface area contributed by atoms with Crippen LogP contribution in [0.5, 0.6) is 0 Å². The van der Waals surface area contributed by atoms with Crippen molar-refractivity contribution in [2.75, 3.05) is 6.54 Å². The summed E-state index contributed by atoms with van der Waals surface area (Å²) in [4.78, 5) is 20.4. The molecule has 0 spiro atoms. The zero-order chi connectivity index (χ0) is 18.1. The van der Waals surface area contributed by atoms with Gasteiger partial charge in [-0.25, -0.2) is 4.98 Å². The van der Waals surface area contributed by atoms with E-state index in [-0.39, 0.29) is 5.91 Å². The van der Waals surface area contributed by atoms with Crippen LogP contribution in [-0.4, -0.2) is 26.8 Å². The highest BCUT2D eigenvalue weighted by Crippen LogP contribution is 2.18. The van der Waals surface area contributed by atoms with Crippen molar-refractivity contribution in [1.82, 2.24) is 19.7 Å². The van der Waals surface area contributed by atoms with Crippen LogP contribution < -0.4 is 5.32 Å². The molecule has 3 heterocycles. The highest BCUT2D eigenvalue weighted by atomic mass is 16.1. The van der Waals surface area contributed by atoms with Gasteiger partial charge in [0, 0.05) is 35.5 Å². The monoisotopic (exact) mass is 346 g/mol. The number of imidazole rings is 1. The van der Waals surface area contributed by atoms with Crippen LogP contribution in [-0.2, 0) is 12.8 Å². The molecule has 3 aromatic heterocycles. The van der Waals surface area contributed by atoms with Crippen molar-refractivity contribution in [3.05, 3.63) is 71.3 Å². The Morgan fingerprint density at radius 3 is 2.92 bits per heavy atom. The van der Waals surface area contributed by atoms with Crippen LogP contribution in [0.25, 0.3) is 16.6 Å². The molecule has 2 N–H and O–H groups in total. The highest BCUT2D eigenvalue weighted by molar-refractivity contribution is 5.94. The minimum absolute atomic E-state index is 0.0575. The summed E-state index contributed by atoms with van der Waals surface area (Å²) < 4.78 is 1.99. The van der Waals surface area contributed by atoms with E-state index >= 15 is 0 Å². The molecule has 0 aliphatic carbocycles. The molecular weight excluding hydrogens is 324 g/mol. The van der Waals surface area contributed by atoms with Crippen LogP contribution in [0, 0.1) is 6.92 Å². The number of aromatic amines is 1. The Kier molecular flexibility index (Phi) is 4.21. The Bertz CT molecular complexity index is 1090. The maximum Gasteiger partial charge on any atom is 0.252 e. The number of benzene rings is 1. The van der Waals surface area contributed by atoms with Crippen molar-refractivity contribution in [1.29, 1.82) is 0 Å². The number of para-hydroxylation sites is 1. The Labute approximate surface area is 152 Å². The van der Waals surface area contributed by atoms with Gasteiger partial charge in [-0.05, 0) is 43.5 Å². The van der Waals surface area contributed by atoms with E-state index in [2.05, 4.69) is 34.3 Å². The van der Waals surface area contributed by atoms with Crippen LogP contribution in [0.3, 0.4) is 0 Å². The zero-order valence-corrected chi connectivity index (χ0v) is 15.0. The van der Waals surface area contributed by atoms with Gasteiger partial charge < -0.3 is 14.7 Å². The van der Waals surface area contributed by atoms with Crippen LogP contribution in [0.4, 0.5) is 0 Å². The number of carbonyl (C=O) groups is 1. The lowest BCUT2D eigenvalue weighted by Gasteiger charge is -2.06. The van der Waals surface area contributed by atoms with Crippen molar-refractivity contribution in [3.63, 3.8) is 0 Å². The number of hydrogen-bond acceptors (Lipinski definition) is 2. The fourth-order valence-corrected chi connectivity index (χ4v) is 3.43. The lowest BCUT2D eigenvalue weighted by Crippen LogP contribution is -2.25. The molecule has 1 aromatic carbocycles. The largest absolute Gasteiger partial charge is 0.361 e. The molecule has 0 fully saturated rings. The molecule has 0 saturated carbocycles. The van der Waals surface area contributed by atoms with Crippen molar-refractivity contribution in [2.45, 2.75) is 26.7 Å². The molecule has 0 bridgehead atoms. The summed E-state index contributed by atoms with van der Waals surface area (Å²) in [6.07, 6.45) is 5.57. The summed E-state index contributed by atoms with van der Waals surface area (Å²) in [6, 6.07) is 12.0. The summed E-state index contributed by atoms with van der Waals surface area (Å²) in [5.41, 5.74) is 6.04. The number of nitrogens with one attached hydrogen (secondary N) is 2. The van der Waals surface area contributed by atoms with E-state index in [0.29, 0.717) is 12.1 Å². The van der Waals surface area contributed by atoms with Gasteiger partial charge in [0.1, 0.15) is 5.65 Å². The van der Waals surface area contributed by atoms with Crippen LogP contribution in [0.1, 0.15) is 34.2 Å². The quantitative estimate of drug-likeness (QED) is 0.579.